The lowest BCUT2D eigenvalue weighted by Crippen LogP contribution is -2.11. The summed E-state index contributed by atoms with van der Waals surface area (Å²) in [4.78, 5) is 4.36. The molecule has 0 spiro atoms. The van der Waals surface area contributed by atoms with E-state index >= 15 is 0 Å². The van der Waals surface area contributed by atoms with Gasteiger partial charge in [-0.25, -0.2) is 4.98 Å². The number of rotatable bonds is 4. The summed E-state index contributed by atoms with van der Waals surface area (Å²) < 4.78 is 0. The van der Waals surface area contributed by atoms with Crippen molar-refractivity contribution in [3.8, 4) is 0 Å². The molecule has 0 radical (unpaired) electrons. The van der Waals surface area contributed by atoms with E-state index in [9.17, 15) is 0 Å². The van der Waals surface area contributed by atoms with Crippen molar-refractivity contribution in [2.75, 3.05) is 0 Å². The Bertz CT molecular complexity index is 540. The average Bonchev–Trinajstić information content (AvgIpc) is 2.35. The zero-order valence-corrected chi connectivity index (χ0v) is 11.5. The van der Waals surface area contributed by atoms with Crippen molar-refractivity contribution in [3.63, 3.8) is 0 Å². The van der Waals surface area contributed by atoms with Crippen LogP contribution in [0.3, 0.4) is 0 Å². The summed E-state index contributed by atoms with van der Waals surface area (Å²) in [6.45, 7) is 3.69. The van der Waals surface area contributed by atoms with Gasteiger partial charge >= 0.3 is 0 Å². The lowest BCUT2D eigenvalue weighted by Gasteiger charge is -2.13. The minimum atomic E-state index is -0.0855. The van der Waals surface area contributed by atoms with Crippen LogP contribution in [0.5, 0.6) is 0 Å². The molecule has 0 bridgehead atoms. The van der Waals surface area contributed by atoms with Gasteiger partial charge in [0, 0.05) is 17.0 Å². The lowest BCUT2D eigenvalue weighted by atomic mass is 10.0. The Morgan fingerprint density at radius 2 is 2.11 bits per heavy atom. The van der Waals surface area contributed by atoms with Crippen molar-refractivity contribution >= 4 is 34.9 Å². The van der Waals surface area contributed by atoms with Crippen LogP contribution >= 0.6 is 24.0 Å². The minimum Gasteiger partial charge on any atom is -0.324 e. The predicted octanol–water partition coefficient (Wildman–Crippen LogP) is 4.28. The number of fused-ring (bicyclic) bond motifs is 1. The van der Waals surface area contributed by atoms with E-state index in [2.05, 4.69) is 11.6 Å². The fraction of sp³-hybridized carbons (Fsp3) is 0.214. The minimum absolute atomic E-state index is 0. The summed E-state index contributed by atoms with van der Waals surface area (Å²) in [5, 5.41) is 1.57. The van der Waals surface area contributed by atoms with E-state index in [0.29, 0.717) is 5.15 Å². The third-order valence-corrected chi connectivity index (χ3v) is 3.09. The van der Waals surface area contributed by atoms with Crippen molar-refractivity contribution in [1.29, 1.82) is 0 Å². The zero-order valence-electron chi connectivity index (χ0n) is 9.97. The second-order valence-corrected chi connectivity index (χ2v) is 4.39. The fourth-order valence-corrected chi connectivity index (χ4v) is 2.11. The SMILES string of the molecule is C=CCC[C@H](N)c1cc2ccccc2nc1Cl.Cl. The molecule has 1 aromatic carbocycles. The topological polar surface area (TPSA) is 38.9 Å². The number of pyridine rings is 1. The predicted molar refractivity (Wildman–Crippen MR) is 80.4 cm³/mol. The molecule has 0 saturated carbocycles. The summed E-state index contributed by atoms with van der Waals surface area (Å²) in [7, 11) is 0. The number of hydrogen-bond acceptors (Lipinski definition) is 2. The zero-order chi connectivity index (χ0) is 12.3. The van der Waals surface area contributed by atoms with Crippen LogP contribution in [0.4, 0.5) is 0 Å². The third-order valence-electron chi connectivity index (χ3n) is 2.79. The quantitative estimate of drug-likeness (QED) is 0.672. The highest BCUT2D eigenvalue weighted by Gasteiger charge is 2.11. The van der Waals surface area contributed by atoms with Gasteiger partial charge in [0.25, 0.3) is 0 Å². The van der Waals surface area contributed by atoms with Gasteiger partial charge < -0.3 is 5.73 Å². The Balaban J connectivity index is 0.00000162. The molecule has 0 amide bonds. The standard InChI is InChI=1S/C14H15ClN2.ClH/c1-2-3-7-12(16)11-9-10-6-4-5-8-13(10)17-14(11)15;/h2,4-6,8-9,12H,1,3,7,16H2;1H/t12-;/m0./s1. The van der Waals surface area contributed by atoms with E-state index in [1.165, 1.54) is 0 Å². The first-order valence-electron chi connectivity index (χ1n) is 5.64. The number of nitrogens with zero attached hydrogens (tertiary/aromatic N) is 1. The number of aromatic nitrogens is 1. The maximum Gasteiger partial charge on any atom is 0.134 e. The Labute approximate surface area is 118 Å². The van der Waals surface area contributed by atoms with Crippen LogP contribution in [-0.2, 0) is 0 Å². The van der Waals surface area contributed by atoms with Gasteiger partial charge in [0.1, 0.15) is 5.15 Å². The van der Waals surface area contributed by atoms with Crippen molar-refractivity contribution in [2.24, 2.45) is 5.73 Å². The van der Waals surface area contributed by atoms with Crippen molar-refractivity contribution in [2.45, 2.75) is 18.9 Å². The van der Waals surface area contributed by atoms with E-state index in [1.54, 1.807) is 0 Å². The van der Waals surface area contributed by atoms with Gasteiger partial charge in [-0.15, -0.1) is 19.0 Å². The van der Waals surface area contributed by atoms with Crippen LogP contribution in [0, 0.1) is 0 Å². The van der Waals surface area contributed by atoms with E-state index < -0.39 is 0 Å². The molecular weight excluding hydrogens is 267 g/mol. The van der Waals surface area contributed by atoms with Gasteiger partial charge in [-0.1, -0.05) is 35.9 Å². The summed E-state index contributed by atoms with van der Waals surface area (Å²) in [6.07, 6.45) is 3.58. The molecule has 2 rings (SSSR count). The normalized spacial score (nSPS) is 11.9. The van der Waals surface area contributed by atoms with Gasteiger partial charge in [-0.2, -0.15) is 0 Å². The van der Waals surface area contributed by atoms with Crippen LogP contribution in [-0.4, -0.2) is 4.98 Å². The number of allylic oxidation sites excluding steroid dienone is 1. The van der Waals surface area contributed by atoms with Gasteiger partial charge in [0.2, 0.25) is 0 Å². The molecule has 2 aromatic rings. The van der Waals surface area contributed by atoms with Gasteiger partial charge in [0.15, 0.2) is 0 Å². The molecule has 2 nitrogen and oxygen atoms in total. The Hall–Kier alpha value is -1.09. The fourth-order valence-electron chi connectivity index (χ4n) is 1.82. The largest absolute Gasteiger partial charge is 0.324 e. The Morgan fingerprint density at radius 1 is 1.39 bits per heavy atom. The van der Waals surface area contributed by atoms with E-state index in [-0.39, 0.29) is 18.4 Å². The highest BCUT2D eigenvalue weighted by molar-refractivity contribution is 6.30. The lowest BCUT2D eigenvalue weighted by molar-refractivity contribution is 0.660. The van der Waals surface area contributed by atoms with Crippen molar-refractivity contribution in [3.05, 3.63) is 53.7 Å². The monoisotopic (exact) mass is 282 g/mol. The van der Waals surface area contributed by atoms with Crippen LogP contribution in [0.25, 0.3) is 10.9 Å². The molecule has 18 heavy (non-hydrogen) atoms. The average molecular weight is 283 g/mol. The molecule has 1 aromatic heterocycles. The molecule has 0 aliphatic rings. The molecule has 4 heteroatoms. The Morgan fingerprint density at radius 3 is 2.83 bits per heavy atom. The second kappa shape index (κ2) is 6.74. The number of para-hydroxylation sites is 1. The van der Waals surface area contributed by atoms with Crippen LogP contribution in [0.2, 0.25) is 5.15 Å². The molecular formula is C14H16Cl2N2. The molecule has 0 saturated heterocycles. The molecule has 2 N–H and O–H groups in total. The molecule has 0 unspecified atom stereocenters. The molecule has 1 heterocycles. The van der Waals surface area contributed by atoms with Crippen LogP contribution in [0.1, 0.15) is 24.4 Å². The van der Waals surface area contributed by atoms with Gasteiger partial charge in [-0.3, -0.25) is 0 Å². The summed E-state index contributed by atoms with van der Waals surface area (Å²) in [5.41, 5.74) is 7.91. The van der Waals surface area contributed by atoms with Crippen LogP contribution in [0.15, 0.2) is 43.0 Å². The first-order valence-corrected chi connectivity index (χ1v) is 6.02. The summed E-state index contributed by atoms with van der Waals surface area (Å²) in [5.74, 6) is 0. The number of nitrogens with two attached hydrogens (primary N) is 1. The van der Waals surface area contributed by atoms with Crippen molar-refractivity contribution in [1.82, 2.24) is 4.98 Å². The van der Waals surface area contributed by atoms with Gasteiger partial charge in [0.05, 0.1) is 5.52 Å². The third kappa shape index (κ3) is 3.22. The number of halogens is 2. The molecule has 0 aliphatic heterocycles. The molecule has 0 fully saturated rings. The number of hydrogen-bond donors (Lipinski definition) is 1. The highest BCUT2D eigenvalue weighted by atomic mass is 35.5. The van der Waals surface area contributed by atoms with Crippen LogP contribution < -0.4 is 5.73 Å². The smallest absolute Gasteiger partial charge is 0.134 e. The molecule has 0 aliphatic carbocycles. The Kier molecular flexibility index (Phi) is 5.60. The molecule has 96 valence electrons. The second-order valence-electron chi connectivity index (χ2n) is 4.03. The summed E-state index contributed by atoms with van der Waals surface area (Å²) in [6, 6.07) is 9.83. The number of benzene rings is 1. The highest BCUT2D eigenvalue weighted by Crippen LogP contribution is 2.26. The first kappa shape index (κ1) is 15.0. The summed E-state index contributed by atoms with van der Waals surface area (Å²) >= 11 is 6.16. The maximum absolute atomic E-state index is 6.16. The van der Waals surface area contributed by atoms with E-state index in [1.807, 2.05) is 36.4 Å². The maximum atomic E-state index is 6.16. The van der Waals surface area contributed by atoms with E-state index in [0.717, 1.165) is 29.3 Å². The van der Waals surface area contributed by atoms with E-state index in [4.69, 9.17) is 17.3 Å². The molecule has 1 atom stereocenters. The van der Waals surface area contributed by atoms with Crippen molar-refractivity contribution < 1.29 is 0 Å². The van der Waals surface area contributed by atoms with Gasteiger partial charge in [-0.05, 0) is 25.0 Å². The first-order chi connectivity index (χ1) is 8.22.